The second-order valence-corrected chi connectivity index (χ2v) is 11.7. The van der Waals surface area contributed by atoms with Crippen LogP contribution in [0.3, 0.4) is 0 Å². The van der Waals surface area contributed by atoms with Crippen molar-refractivity contribution in [2.45, 2.75) is 0 Å². The van der Waals surface area contributed by atoms with Gasteiger partial charge in [0.05, 0.1) is 6.85 Å². The maximum absolute atomic E-state index is 8.58. The zero-order valence-electron chi connectivity index (χ0n) is 31.1. The van der Waals surface area contributed by atoms with Crippen LogP contribution in [-0.2, 0) is 0 Å². The van der Waals surface area contributed by atoms with Crippen molar-refractivity contribution >= 4 is 21.9 Å². The molecule has 0 aliphatic rings. The molecular formula is C45H29N3O. The van der Waals surface area contributed by atoms with Gasteiger partial charge in [-0.3, -0.25) is 0 Å². The van der Waals surface area contributed by atoms with E-state index >= 15 is 0 Å². The van der Waals surface area contributed by atoms with E-state index in [1.165, 1.54) is 11.1 Å². The van der Waals surface area contributed by atoms with Crippen LogP contribution in [-0.4, -0.2) is 15.0 Å². The van der Waals surface area contributed by atoms with Gasteiger partial charge in [0.1, 0.15) is 11.2 Å². The third kappa shape index (κ3) is 5.56. The highest BCUT2D eigenvalue weighted by Crippen LogP contribution is 2.36. The minimum Gasteiger partial charge on any atom is -0.456 e. The molecular weight excluding hydrogens is 599 g/mol. The van der Waals surface area contributed by atoms with Gasteiger partial charge in [-0.1, -0.05) is 145 Å². The van der Waals surface area contributed by atoms with Gasteiger partial charge in [0.15, 0.2) is 17.5 Å². The van der Waals surface area contributed by atoms with E-state index in [1.54, 1.807) is 0 Å². The number of rotatable bonds is 6. The van der Waals surface area contributed by atoms with E-state index in [4.69, 9.17) is 16.3 Å². The zero-order chi connectivity index (χ0) is 36.9. The van der Waals surface area contributed by atoms with E-state index in [9.17, 15) is 0 Å². The molecule has 2 aromatic heterocycles. The lowest BCUT2D eigenvalue weighted by atomic mass is 9.97. The largest absolute Gasteiger partial charge is 0.456 e. The van der Waals surface area contributed by atoms with Crippen LogP contribution in [0, 0.1) is 0 Å². The molecule has 0 radical (unpaired) electrons. The normalized spacial score (nSPS) is 12.7. The molecule has 0 fully saturated rings. The lowest BCUT2D eigenvalue weighted by molar-refractivity contribution is 0.669. The molecule has 0 spiro atoms. The van der Waals surface area contributed by atoms with Crippen molar-refractivity contribution in [3.8, 4) is 67.5 Å². The van der Waals surface area contributed by atoms with Crippen LogP contribution in [0.5, 0.6) is 0 Å². The van der Waals surface area contributed by atoms with Crippen LogP contribution in [0.15, 0.2) is 180 Å². The van der Waals surface area contributed by atoms with Crippen LogP contribution >= 0.6 is 0 Å². The van der Waals surface area contributed by atoms with Gasteiger partial charge in [0.25, 0.3) is 0 Å². The number of hydrogen-bond acceptors (Lipinski definition) is 4. The van der Waals surface area contributed by atoms with E-state index in [2.05, 4.69) is 94.9 Å². The topological polar surface area (TPSA) is 51.8 Å². The Labute approximate surface area is 291 Å². The number of aromatic nitrogens is 3. The predicted octanol–water partition coefficient (Wildman–Crippen LogP) is 11.8. The van der Waals surface area contributed by atoms with E-state index < -0.39 is 18.1 Å². The molecule has 49 heavy (non-hydrogen) atoms. The first kappa shape index (κ1) is 23.6. The quantitative estimate of drug-likeness (QED) is 0.183. The molecule has 0 aliphatic heterocycles. The van der Waals surface area contributed by atoms with Crippen molar-refractivity contribution in [3.63, 3.8) is 0 Å². The van der Waals surface area contributed by atoms with E-state index in [0.717, 1.165) is 38.6 Å². The van der Waals surface area contributed by atoms with Crippen molar-refractivity contribution in [3.05, 3.63) is 176 Å². The molecule has 4 nitrogen and oxygen atoms in total. The first-order valence-corrected chi connectivity index (χ1v) is 15.9. The van der Waals surface area contributed by atoms with Crippen LogP contribution in [0.25, 0.3) is 89.5 Å². The lowest BCUT2D eigenvalue weighted by Gasteiger charge is -2.08. The summed E-state index contributed by atoms with van der Waals surface area (Å²) in [6, 6.07) is 46.5. The molecule has 0 N–H and O–H groups in total. The van der Waals surface area contributed by atoms with Gasteiger partial charge in [-0.05, 0) is 63.7 Å². The Balaban J connectivity index is 1.07. The second kappa shape index (κ2) is 12.2. The number of benzene rings is 7. The van der Waals surface area contributed by atoms with Gasteiger partial charge in [0.2, 0.25) is 0 Å². The zero-order valence-corrected chi connectivity index (χ0v) is 26.1. The fourth-order valence-corrected chi connectivity index (χ4v) is 6.13. The monoisotopic (exact) mass is 632 g/mol. The smallest absolute Gasteiger partial charge is 0.164 e. The first-order valence-electron chi connectivity index (χ1n) is 18.4. The summed E-state index contributed by atoms with van der Waals surface area (Å²) >= 11 is 0. The third-order valence-corrected chi connectivity index (χ3v) is 8.66. The Kier molecular flexibility index (Phi) is 5.87. The standard InChI is InChI=1S/C45H29N3O/c1-4-10-30(11-5-1)31-16-18-32(19-17-31)33-20-22-34(23-21-33)37-24-26-39-40-28-38(25-27-41(40)49-42(39)29-37)45-47-43(35-12-6-2-7-13-35)46-44(48-45)36-14-8-3-9-15-36/h1-29H/i2D,6D,7D,12D,13D. The van der Waals surface area contributed by atoms with Gasteiger partial charge < -0.3 is 4.42 Å². The molecule has 4 heteroatoms. The molecule has 0 atom stereocenters. The van der Waals surface area contributed by atoms with Crippen LogP contribution in [0.4, 0.5) is 0 Å². The number of fused-ring (bicyclic) bond motifs is 3. The summed E-state index contributed by atoms with van der Waals surface area (Å²) in [4.78, 5) is 14.1. The molecule has 230 valence electrons. The fraction of sp³-hybridized carbons (Fsp3) is 0. The first-order chi connectivity index (χ1) is 26.3. The summed E-state index contributed by atoms with van der Waals surface area (Å²) in [5, 5.41) is 1.79. The Bertz CT molecular complexity index is 2830. The fourth-order valence-electron chi connectivity index (χ4n) is 6.13. The molecule has 0 saturated carbocycles. The summed E-state index contributed by atoms with van der Waals surface area (Å²) in [6.07, 6.45) is 0. The van der Waals surface area contributed by atoms with Crippen molar-refractivity contribution in [1.29, 1.82) is 0 Å². The molecule has 9 aromatic rings. The summed E-state index contributed by atoms with van der Waals surface area (Å²) in [7, 11) is 0. The Hall–Kier alpha value is -6.65. The average Bonchev–Trinajstić information content (AvgIpc) is 3.60. The molecule has 0 amide bonds. The molecule has 0 saturated heterocycles. The average molecular weight is 633 g/mol. The van der Waals surface area contributed by atoms with E-state index in [0.29, 0.717) is 28.4 Å². The summed E-state index contributed by atoms with van der Waals surface area (Å²) < 4.78 is 48.0. The maximum atomic E-state index is 8.58. The molecule has 0 bridgehead atoms. The number of furan rings is 1. The maximum Gasteiger partial charge on any atom is 0.164 e. The minimum absolute atomic E-state index is 0.00661. The van der Waals surface area contributed by atoms with Gasteiger partial charge in [0, 0.05) is 27.5 Å². The van der Waals surface area contributed by atoms with Gasteiger partial charge >= 0.3 is 0 Å². The highest BCUT2D eigenvalue weighted by Gasteiger charge is 2.15. The Morgan fingerprint density at radius 2 is 0.816 bits per heavy atom. The van der Waals surface area contributed by atoms with Gasteiger partial charge in [-0.15, -0.1) is 0 Å². The van der Waals surface area contributed by atoms with E-state index in [1.807, 2.05) is 60.7 Å². The van der Waals surface area contributed by atoms with Gasteiger partial charge in [-0.25, -0.2) is 15.0 Å². The lowest BCUT2D eigenvalue weighted by Crippen LogP contribution is -2.00. The van der Waals surface area contributed by atoms with Crippen molar-refractivity contribution in [2.75, 3.05) is 0 Å². The van der Waals surface area contributed by atoms with Crippen molar-refractivity contribution in [1.82, 2.24) is 15.0 Å². The van der Waals surface area contributed by atoms with Crippen LogP contribution in [0.1, 0.15) is 6.85 Å². The molecule has 0 aliphatic carbocycles. The van der Waals surface area contributed by atoms with Gasteiger partial charge in [-0.2, -0.15) is 0 Å². The highest BCUT2D eigenvalue weighted by molar-refractivity contribution is 6.07. The van der Waals surface area contributed by atoms with Crippen LogP contribution in [0.2, 0.25) is 0 Å². The summed E-state index contributed by atoms with van der Waals surface area (Å²) in [6.45, 7) is 0. The minimum atomic E-state index is -0.478. The predicted molar refractivity (Wildman–Crippen MR) is 200 cm³/mol. The second-order valence-electron chi connectivity index (χ2n) is 11.7. The Morgan fingerprint density at radius 3 is 1.43 bits per heavy atom. The SMILES string of the molecule is [2H]c1c([2H])c([2H])c(-c2nc(-c3ccccc3)nc(-c3ccc4oc5cc(-c6ccc(-c7ccc(-c8ccccc8)cc7)cc6)ccc5c4c3)n2)c([2H])c1[2H]. The Morgan fingerprint density at radius 1 is 0.347 bits per heavy atom. The van der Waals surface area contributed by atoms with Crippen molar-refractivity contribution < 1.29 is 11.3 Å². The highest BCUT2D eigenvalue weighted by atomic mass is 16.3. The molecule has 9 rings (SSSR count). The molecule has 2 heterocycles. The number of hydrogen-bond donors (Lipinski definition) is 0. The summed E-state index contributed by atoms with van der Waals surface area (Å²) in [5.41, 5.74) is 9.48. The molecule has 7 aromatic carbocycles. The number of nitrogens with zero attached hydrogens (tertiary/aromatic N) is 3. The van der Waals surface area contributed by atoms with Crippen LogP contribution < -0.4 is 0 Å². The summed E-state index contributed by atoms with van der Waals surface area (Å²) in [5.74, 6) is 0.612. The molecule has 0 unspecified atom stereocenters. The third-order valence-electron chi connectivity index (χ3n) is 8.66. The van der Waals surface area contributed by atoms with Crippen molar-refractivity contribution in [2.24, 2.45) is 0 Å². The van der Waals surface area contributed by atoms with E-state index in [-0.39, 0.29) is 23.5 Å².